The first-order chi connectivity index (χ1) is 15.8. The van der Waals surface area contributed by atoms with Crippen LogP contribution in [0.1, 0.15) is 23.0 Å². The SMILES string of the molecule is Cc1ccc(NC(=O)CSC(C)C(=O)Nc2cc(F)ccc2NC(=O)c2ccccn2)cc1. The van der Waals surface area contributed by atoms with Crippen molar-refractivity contribution in [1.82, 2.24) is 4.98 Å². The van der Waals surface area contributed by atoms with Crippen molar-refractivity contribution in [2.45, 2.75) is 19.1 Å². The summed E-state index contributed by atoms with van der Waals surface area (Å²) in [6.45, 7) is 3.60. The summed E-state index contributed by atoms with van der Waals surface area (Å²) in [6, 6.07) is 15.9. The molecule has 1 atom stereocenters. The number of amides is 3. The van der Waals surface area contributed by atoms with Crippen LogP contribution in [0.15, 0.2) is 66.9 Å². The summed E-state index contributed by atoms with van der Waals surface area (Å²) >= 11 is 1.14. The molecule has 1 aromatic heterocycles. The van der Waals surface area contributed by atoms with E-state index < -0.39 is 22.9 Å². The zero-order valence-electron chi connectivity index (χ0n) is 18.1. The highest BCUT2D eigenvalue weighted by atomic mass is 32.2. The minimum Gasteiger partial charge on any atom is -0.325 e. The van der Waals surface area contributed by atoms with Crippen molar-refractivity contribution in [3.63, 3.8) is 0 Å². The Bertz CT molecular complexity index is 1140. The molecular formula is C24H23FN4O3S. The number of nitrogens with one attached hydrogen (secondary N) is 3. The predicted octanol–water partition coefficient (Wildman–Crippen LogP) is 4.48. The number of carbonyl (C=O) groups excluding carboxylic acids is 3. The lowest BCUT2D eigenvalue weighted by Crippen LogP contribution is -2.26. The zero-order chi connectivity index (χ0) is 23.8. The third kappa shape index (κ3) is 7.15. The lowest BCUT2D eigenvalue weighted by Gasteiger charge is -2.15. The van der Waals surface area contributed by atoms with Crippen molar-refractivity contribution in [1.29, 1.82) is 0 Å². The standard InChI is InChI=1S/C24H23FN4O3S/c1-15-6-9-18(10-7-15)27-22(30)14-33-16(2)23(31)29-21-13-17(25)8-11-19(21)28-24(32)20-5-3-4-12-26-20/h3-13,16H,14H2,1-2H3,(H,27,30)(H,28,32)(H,29,31). The van der Waals surface area contributed by atoms with Crippen LogP contribution in [-0.2, 0) is 9.59 Å². The molecule has 9 heteroatoms. The molecule has 0 fully saturated rings. The maximum absolute atomic E-state index is 13.8. The van der Waals surface area contributed by atoms with E-state index in [0.29, 0.717) is 5.69 Å². The number of carbonyl (C=O) groups is 3. The van der Waals surface area contributed by atoms with Gasteiger partial charge in [-0.25, -0.2) is 4.39 Å². The summed E-state index contributed by atoms with van der Waals surface area (Å²) < 4.78 is 13.8. The fourth-order valence-electron chi connectivity index (χ4n) is 2.76. The summed E-state index contributed by atoms with van der Waals surface area (Å²) in [5.41, 5.74) is 2.29. The normalized spacial score (nSPS) is 11.4. The summed E-state index contributed by atoms with van der Waals surface area (Å²) in [7, 11) is 0. The second-order valence-corrected chi connectivity index (χ2v) is 8.54. The van der Waals surface area contributed by atoms with Gasteiger partial charge >= 0.3 is 0 Å². The van der Waals surface area contributed by atoms with E-state index in [4.69, 9.17) is 0 Å². The third-order valence-corrected chi connectivity index (χ3v) is 5.70. The molecule has 3 N–H and O–H groups in total. The fraction of sp³-hybridized carbons (Fsp3) is 0.167. The van der Waals surface area contributed by atoms with Gasteiger partial charge in [0.05, 0.1) is 22.4 Å². The smallest absolute Gasteiger partial charge is 0.274 e. The minimum absolute atomic E-state index is 0.0644. The van der Waals surface area contributed by atoms with Gasteiger partial charge in [-0.15, -0.1) is 11.8 Å². The molecule has 0 spiro atoms. The van der Waals surface area contributed by atoms with Crippen molar-refractivity contribution in [3.8, 4) is 0 Å². The van der Waals surface area contributed by atoms with E-state index in [-0.39, 0.29) is 28.7 Å². The molecule has 0 aliphatic rings. The Labute approximate surface area is 195 Å². The molecule has 0 aliphatic carbocycles. The van der Waals surface area contributed by atoms with Gasteiger partial charge in [-0.2, -0.15) is 0 Å². The first kappa shape index (κ1) is 23.9. The second kappa shape index (κ2) is 11.2. The molecule has 3 amide bonds. The number of benzene rings is 2. The quantitative estimate of drug-likeness (QED) is 0.455. The van der Waals surface area contributed by atoms with Crippen molar-refractivity contribution in [2.75, 3.05) is 21.7 Å². The van der Waals surface area contributed by atoms with Gasteiger partial charge in [-0.1, -0.05) is 23.8 Å². The van der Waals surface area contributed by atoms with Gasteiger partial charge in [0, 0.05) is 11.9 Å². The van der Waals surface area contributed by atoms with E-state index in [1.165, 1.54) is 24.4 Å². The number of pyridine rings is 1. The molecule has 170 valence electrons. The molecule has 0 bridgehead atoms. The first-order valence-electron chi connectivity index (χ1n) is 10.1. The molecule has 1 unspecified atom stereocenters. The lowest BCUT2D eigenvalue weighted by atomic mass is 10.2. The van der Waals surface area contributed by atoms with Crippen LogP contribution in [0.2, 0.25) is 0 Å². The van der Waals surface area contributed by atoms with E-state index in [0.717, 1.165) is 23.4 Å². The van der Waals surface area contributed by atoms with Crippen LogP contribution in [0, 0.1) is 12.7 Å². The molecule has 33 heavy (non-hydrogen) atoms. The van der Waals surface area contributed by atoms with Crippen LogP contribution in [0.3, 0.4) is 0 Å². The van der Waals surface area contributed by atoms with Crippen LogP contribution in [0.4, 0.5) is 21.5 Å². The molecule has 1 heterocycles. The first-order valence-corrected chi connectivity index (χ1v) is 11.2. The van der Waals surface area contributed by atoms with Crippen LogP contribution in [0.5, 0.6) is 0 Å². The summed E-state index contributed by atoms with van der Waals surface area (Å²) in [5.74, 6) is -1.67. The van der Waals surface area contributed by atoms with Gasteiger partial charge in [0.25, 0.3) is 5.91 Å². The largest absolute Gasteiger partial charge is 0.325 e. The van der Waals surface area contributed by atoms with Crippen LogP contribution >= 0.6 is 11.8 Å². The number of anilines is 3. The lowest BCUT2D eigenvalue weighted by molar-refractivity contribution is -0.115. The monoisotopic (exact) mass is 466 g/mol. The number of hydrogen-bond donors (Lipinski definition) is 3. The molecule has 0 saturated carbocycles. The Morgan fingerprint density at radius 2 is 1.73 bits per heavy atom. The third-order valence-electron chi connectivity index (χ3n) is 4.55. The molecule has 0 aliphatic heterocycles. The molecule has 3 rings (SSSR count). The van der Waals surface area contributed by atoms with Crippen LogP contribution in [0.25, 0.3) is 0 Å². The molecular weight excluding hydrogens is 443 g/mol. The average molecular weight is 467 g/mol. The maximum atomic E-state index is 13.8. The second-order valence-electron chi connectivity index (χ2n) is 7.22. The molecule has 2 aromatic carbocycles. The van der Waals surface area contributed by atoms with Gasteiger partial charge < -0.3 is 16.0 Å². The number of rotatable bonds is 8. The Morgan fingerprint density at radius 3 is 2.42 bits per heavy atom. The number of hydrogen-bond acceptors (Lipinski definition) is 5. The van der Waals surface area contributed by atoms with Crippen molar-refractivity contribution in [3.05, 3.63) is 83.9 Å². The fourth-order valence-corrected chi connectivity index (χ4v) is 3.44. The Hall–Kier alpha value is -3.72. The van der Waals surface area contributed by atoms with Gasteiger partial charge in [0.15, 0.2) is 0 Å². The summed E-state index contributed by atoms with van der Waals surface area (Å²) in [4.78, 5) is 41.2. The average Bonchev–Trinajstić information content (AvgIpc) is 2.81. The van der Waals surface area contributed by atoms with E-state index in [9.17, 15) is 18.8 Å². The Kier molecular flexibility index (Phi) is 8.15. The van der Waals surface area contributed by atoms with E-state index in [2.05, 4.69) is 20.9 Å². The summed E-state index contributed by atoms with van der Waals surface area (Å²) in [5, 5.41) is 7.42. The molecule has 7 nitrogen and oxygen atoms in total. The number of aryl methyl sites for hydroxylation is 1. The maximum Gasteiger partial charge on any atom is 0.274 e. The zero-order valence-corrected chi connectivity index (χ0v) is 18.9. The van der Waals surface area contributed by atoms with E-state index in [1.54, 1.807) is 31.2 Å². The predicted molar refractivity (Wildman–Crippen MR) is 129 cm³/mol. The van der Waals surface area contributed by atoms with Gasteiger partial charge in [-0.3, -0.25) is 19.4 Å². The topological polar surface area (TPSA) is 100 Å². The van der Waals surface area contributed by atoms with Crippen molar-refractivity contribution < 1.29 is 18.8 Å². The van der Waals surface area contributed by atoms with Crippen molar-refractivity contribution in [2.24, 2.45) is 0 Å². The van der Waals surface area contributed by atoms with Gasteiger partial charge in [0.2, 0.25) is 11.8 Å². The highest BCUT2D eigenvalue weighted by Crippen LogP contribution is 2.25. The van der Waals surface area contributed by atoms with Gasteiger partial charge in [0.1, 0.15) is 11.5 Å². The molecule has 0 radical (unpaired) electrons. The van der Waals surface area contributed by atoms with E-state index >= 15 is 0 Å². The van der Waals surface area contributed by atoms with Crippen molar-refractivity contribution >= 4 is 46.5 Å². The highest BCUT2D eigenvalue weighted by molar-refractivity contribution is 8.01. The Balaban J connectivity index is 1.58. The minimum atomic E-state index is -0.601. The molecule has 0 saturated heterocycles. The highest BCUT2D eigenvalue weighted by Gasteiger charge is 2.18. The van der Waals surface area contributed by atoms with E-state index in [1.807, 2.05) is 19.1 Å². The number of halogens is 1. The number of nitrogens with zero attached hydrogens (tertiary/aromatic N) is 1. The van der Waals surface area contributed by atoms with Crippen LogP contribution in [-0.4, -0.2) is 33.7 Å². The molecule has 3 aromatic rings. The number of thioether (sulfide) groups is 1. The van der Waals surface area contributed by atoms with Gasteiger partial charge in [-0.05, 0) is 56.3 Å². The number of aromatic nitrogens is 1. The summed E-state index contributed by atoms with van der Waals surface area (Å²) in [6.07, 6.45) is 1.48. The Morgan fingerprint density at radius 1 is 0.970 bits per heavy atom. The van der Waals surface area contributed by atoms with Crippen LogP contribution < -0.4 is 16.0 Å².